The number of thioether (sulfide) groups is 1. The Labute approximate surface area is 99.4 Å². The molecule has 1 amide bonds. The van der Waals surface area contributed by atoms with Crippen LogP contribution in [0.15, 0.2) is 0 Å². The van der Waals surface area contributed by atoms with Crippen LogP contribution < -0.4 is 10.6 Å². The number of nitrogens with one attached hydrogen (secondary N) is 2. The molecule has 92 valence electrons. The largest absolute Gasteiger partial charge is 0.480 e. The first-order chi connectivity index (χ1) is 7.60. The maximum absolute atomic E-state index is 11.2. The van der Waals surface area contributed by atoms with Crippen molar-refractivity contribution in [3.63, 3.8) is 0 Å². The van der Waals surface area contributed by atoms with Gasteiger partial charge in [0.2, 0.25) is 5.91 Å². The van der Waals surface area contributed by atoms with Gasteiger partial charge in [0.1, 0.15) is 5.54 Å². The van der Waals surface area contributed by atoms with Crippen LogP contribution in [0.3, 0.4) is 0 Å². The summed E-state index contributed by atoms with van der Waals surface area (Å²) in [5.74, 6) is 0.848. The van der Waals surface area contributed by atoms with Crippen molar-refractivity contribution >= 4 is 23.6 Å². The number of rotatable bonds is 5. The van der Waals surface area contributed by atoms with E-state index in [9.17, 15) is 14.7 Å². The third-order valence-corrected chi connectivity index (χ3v) is 3.84. The Bertz CT molecular complexity index is 265. The van der Waals surface area contributed by atoms with Crippen LogP contribution in [0.25, 0.3) is 0 Å². The minimum Gasteiger partial charge on any atom is -0.480 e. The normalized spacial score (nSPS) is 19.1. The number of aliphatic carboxylic acids is 1. The van der Waals surface area contributed by atoms with Gasteiger partial charge in [-0.15, -0.1) is 0 Å². The van der Waals surface area contributed by atoms with Crippen molar-refractivity contribution in [2.24, 2.45) is 0 Å². The average Bonchev–Trinajstić information content (AvgIpc) is 2.30. The van der Waals surface area contributed by atoms with Gasteiger partial charge in [0.25, 0.3) is 0 Å². The maximum atomic E-state index is 11.2. The third-order valence-electron chi connectivity index (χ3n) is 2.85. The molecule has 0 aromatic carbocycles. The average molecular weight is 246 g/mol. The molecule has 0 aromatic rings. The SMILES string of the molecule is CNC(=O)CCNC1(C(=O)O)CCSCC1. The molecule has 0 bridgehead atoms. The molecule has 0 aliphatic carbocycles. The highest BCUT2D eigenvalue weighted by Gasteiger charge is 2.39. The molecule has 0 saturated carbocycles. The molecular formula is C10H18N2O3S. The zero-order valence-electron chi connectivity index (χ0n) is 9.41. The first-order valence-electron chi connectivity index (χ1n) is 5.37. The Morgan fingerprint density at radius 3 is 2.50 bits per heavy atom. The fraction of sp³-hybridized carbons (Fsp3) is 0.800. The predicted molar refractivity (Wildman–Crippen MR) is 63.6 cm³/mol. The lowest BCUT2D eigenvalue weighted by atomic mass is 9.92. The highest BCUT2D eigenvalue weighted by Crippen LogP contribution is 2.27. The third kappa shape index (κ3) is 3.38. The summed E-state index contributed by atoms with van der Waals surface area (Å²) >= 11 is 1.78. The van der Waals surface area contributed by atoms with E-state index < -0.39 is 11.5 Å². The number of carboxylic acid groups (broad SMARTS) is 1. The molecule has 0 radical (unpaired) electrons. The van der Waals surface area contributed by atoms with Crippen LogP contribution in [0.5, 0.6) is 0 Å². The minimum absolute atomic E-state index is 0.0711. The second-order valence-electron chi connectivity index (χ2n) is 3.85. The van der Waals surface area contributed by atoms with Crippen molar-refractivity contribution in [3.05, 3.63) is 0 Å². The van der Waals surface area contributed by atoms with Crippen LogP contribution in [0.1, 0.15) is 19.3 Å². The van der Waals surface area contributed by atoms with Crippen LogP contribution in [-0.4, -0.2) is 47.6 Å². The summed E-state index contributed by atoms with van der Waals surface area (Å²) in [6.07, 6.45) is 1.57. The molecule has 0 aromatic heterocycles. The van der Waals surface area contributed by atoms with Crippen LogP contribution in [0.2, 0.25) is 0 Å². The fourth-order valence-electron chi connectivity index (χ4n) is 1.73. The van der Waals surface area contributed by atoms with Crippen LogP contribution >= 0.6 is 11.8 Å². The number of carbonyl (C=O) groups is 2. The van der Waals surface area contributed by atoms with Crippen LogP contribution in [0.4, 0.5) is 0 Å². The lowest BCUT2D eigenvalue weighted by Crippen LogP contribution is -2.55. The van der Waals surface area contributed by atoms with Crippen molar-refractivity contribution in [1.29, 1.82) is 0 Å². The lowest BCUT2D eigenvalue weighted by Gasteiger charge is -2.33. The van der Waals surface area contributed by atoms with Crippen molar-refractivity contribution < 1.29 is 14.7 Å². The van der Waals surface area contributed by atoms with Crippen molar-refractivity contribution in [1.82, 2.24) is 10.6 Å². The number of carbonyl (C=O) groups excluding carboxylic acids is 1. The van der Waals surface area contributed by atoms with Crippen molar-refractivity contribution in [3.8, 4) is 0 Å². The highest BCUT2D eigenvalue weighted by molar-refractivity contribution is 7.99. The van der Waals surface area contributed by atoms with E-state index in [-0.39, 0.29) is 5.91 Å². The zero-order valence-corrected chi connectivity index (χ0v) is 10.2. The molecule has 0 atom stereocenters. The second kappa shape index (κ2) is 6.10. The van der Waals surface area contributed by atoms with Crippen molar-refractivity contribution in [2.75, 3.05) is 25.1 Å². The van der Waals surface area contributed by atoms with Crippen LogP contribution in [0, 0.1) is 0 Å². The summed E-state index contributed by atoms with van der Waals surface area (Å²) in [7, 11) is 1.58. The van der Waals surface area contributed by atoms with Gasteiger partial charge in [-0.25, -0.2) is 0 Å². The van der Waals surface area contributed by atoms with Gasteiger partial charge in [0.15, 0.2) is 0 Å². The molecule has 3 N–H and O–H groups in total. The molecule has 1 saturated heterocycles. The summed E-state index contributed by atoms with van der Waals surface area (Å²) < 4.78 is 0. The number of hydrogen-bond donors (Lipinski definition) is 3. The van der Waals surface area contributed by atoms with Crippen molar-refractivity contribution in [2.45, 2.75) is 24.8 Å². The van der Waals surface area contributed by atoms with E-state index in [4.69, 9.17) is 0 Å². The molecule has 0 unspecified atom stereocenters. The van der Waals surface area contributed by atoms with E-state index in [1.165, 1.54) is 0 Å². The lowest BCUT2D eigenvalue weighted by molar-refractivity contribution is -0.145. The number of hydrogen-bond acceptors (Lipinski definition) is 4. The van der Waals surface area contributed by atoms with Gasteiger partial charge in [-0.3, -0.25) is 9.59 Å². The number of amides is 1. The monoisotopic (exact) mass is 246 g/mol. The first kappa shape index (κ1) is 13.3. The van der Waals surface area contributed by atoms with Gasteiger partial charge >= 0.3 is 5.97 Å². The summed E-state index contributed by atoms with van der Waals surface area (Å²) in [6, 6.07) is 0. The van der Waals surface area contributed by atoms with Gasteiger partial charge in [-0.1, -0.05) is 0 Å². The highest BCUT2D eigenvalue weighted by atomic mass is 32.2. The molecule has 1 aliphatic heterocycles. The molecule has 1 rings (SSSR count). The molecule has 1 fully saturated rings. The number of carboxylic acids is 1. The van der Waals surface area contributed by atoms with Gasteiger partial charge in [0, 0.05) is 20.0 Å². The van der Waals surface area contributed by atoms with Gasteiger partial charge in [-0.05, 0) is 24.3 Å². The van der Waals surface area contributed by atoms with Gasteiger partial charge < -0.3 is 15.7 Å². The van der Waals surface area contributed by atoms with Gasteiger partial charge in [-0.2, -0.15) is 11.8 Å². The summed E-state index contributed by atoms with van der Waals surface area (Å²) in [4.78, 5) is 22.3. The zero-order chi connectivity index (χ0) is 12.0. The van der Waals surface area contributed by atoms with E-state index in [1.54, 1.807) is 18.8 Å². The summed E-state index contributed by atoms with van der Waals surface area (Å²) in [5.41, 5.74) is -0.820. The Kier molecular flexibility index (Phi) is 5.08. The Morgan fingerprint density at radius 2 is 2.00 bits per heavy atom. The Morgan fingerprint density at radius 1 is 1.38 bits per heavy atom. The van der Waals surface area contributed by atoms with Crippen LogP contribution in [-0.2, 0) is 9.59 Å². The van der Waals surface area contributed by atoms with E-state index >= 15 is 0 Å². The Hall–Kier alpha value is -0.750. The Balaban J connectivity index is 2.45. The molecule has 1 aliphatic rings. The topological polar surface area (TPSA) is 78.4 Å². The van der Waals surface area contributed by atoms with E-state index in [0.717, 1.165) is 11.5 Å². The first-order valence-corrected chi connectivity index (χ1v) is 6.53. The van der Waals surface area contributed by atoms with E-state index in [1.807, 2.05) is 0 Å². The fourth-order valence-corrected chi connectivity index (χ4v) is 2.92. The quantitative estimate of drug-likeness (QED) is 0.639. The molecular weight excluding hydrogens is 228 g/mol. The molecule has 5 nitrogen and oxygen atoms in total. The smallest absolute Gasteiger partial charge is 0.323 e. The van der Waals surface area contributed by atoms with E-state index in [0.29, 0.717) is 25.8 Å². The minimum atomic E-state index is -0.820. The molecule has 16 heavy (non-hydrogen) atoms. The molecule has 1 heterocycles. The van der Waals surface area contributed by atoms with Gasteiger partial charge in [0.05, 0.1) is 0 Å². The summed E-state index contributed by atoms with van der Waals surface area (Å²) in [5, 5.41) is 14.8. The van der Waals surface area contributed by atoms with E-state index in [2.05, 4.69) is 10.6 Å². The maximum Gasteiger partial charge on any atom is 0.323 e. The molecule has 0 spiro atoms. The standard InChI is InChI=1S/C10H18N2O3S/c1-11-8(13)2-5-12-10(9(14)15)3-6-16-7-4-10/h12H,2-7H2,1H3,(H,11,13)(H,14,15). The predicted octanol–water partition coefficient (Wildman–Crippen LogP) is 0.0625. The molecule has 6 heteroatoms. The summed E-state index contributed by atoms with van der Waals surface area (Å²) in [6.45, 7) is 0.413. The second-order valence-corrected chi connectivity index (χ2v) is 5.07.